The molecule has 6 heteroatoms. The van der Waals surface area contributed by atoms with Crippen LogP contribution in [0.1, 0.15) is 258 Å². The van der Waals surface area contributed by atoms with Crippen LogP contribution in [0.15, 0.2) is 48.6 Å². The van der Waals surface area contributed by atoms with Gasteiger partial charge in [0.1, 0.15) is 13.2 Å². The summed E-state index contributed by atoms with van der Waals surface area (Å²) in [6.45, 7) is 6.48. The van der Waals surface area contributed by atoms with Crippen LogP contribution >= 0.6 is 0 Å². The molecule has 1 atom stereocenters. The van der Waals surface area contributed by atoms with E-state index >= 15 is 0 Å². The zero-order valence-electron chi connectivity index (χ0n) is 39.7. The van der Waals surface area contributed by atoms with Crippen LogP contribution < -0.4 is 0 Å². The van der Waals surface area contributed by atoms with Crippen molar-refractivity contribution < 1.29 is 28.6 Å². The predicted molar refractivity (Wildman–Crippen MR) is 256 cm³/mol. The van der Waals surface area contributed by atoms with Gasteiger partial charge in [0.05, 0.1) is 0 Å². The Balaban J connectivity index is 4.35. The molecule has 0 fully saturated rings. The molecule has 0 rings (SSSR count). The van der Waals surface area contributed by atoms with E-state index < -0.39 is 6.10 Å². The molecule has 0 radical (unpaired) electrons. The molecule has 0 aromatic heterocycles. The zero-order valence-corrected chi connectivity index (χ0v) is 39.7. The van der Waals surface area contributed by atoms with Crippen molar-refractivity contribution in [1.29, 1.82) is 0 Å². The molecule has 6 nitrogen and oxygen atoms in total. The average Bonchev–Trinajstić information content (AvgIpc) is 3.24. The lowest BCUT2D eigenvalue weighted by atomic mass is 10.0. The van der Waals surface area contributed by atoms with Crippen LogP contribution in [0.3, 0.4) is 0 Å². The monoisotopic (exact) mass is 841 g/mol. The maximum atomic E-state index is 12.8. The molecule has 60 heavy (non-hydrogen) atoms. The van der Waals surface area contributed by atoms with E-state index in [1.165, 1.54) is 116 Å². The normalized spacial score (nSPS) is 12.4. The lowest BCUT2D eigenvalue weighted by Gasteiger charge is -2.18. The van der Waals surface area contributed by atoms with Gasteiger partial charge in [0, 0.05) is 19.3 Å². The molecule has 1 unspecified atom stereocenters. The molecule has 0 aliphatic rings. The Morgan fingerprint density at radius 2 is 0.667 bits per heavy atom. The summed E-state index contributed by atoms with van der Waals surface area (Å²) in [6, 6.07) is 0. The quantitative estimate of drug-likeness (QED) is 0.0263. The van der Waals surface area contributed by atoms with Gasteiger partial charge in [-0.25, -0.2) is 0 Å². The molecule has 0 aromatic rings. The molecule has 0 N–H and O–H groups in total. The number of rotatable bonds is 46. The molecule has 0 aliphatic carbocycles. The fourth-order valence-electron chi connectivity index (χ4n) is 7.20. The SMILES string of the molecule is CC/C=C\C/C=C\C/C=C\CCCCCCCCC(=O)OCC(COC(=O)CCCCCC/C=C\CCCC)OC(=O)CCCCCCCCCCCCCCCCCC. The number of allylic oxidation sites excluding steroid dienone is 8. The fourth-order valence-corrected chi connectivity index (χ4v) is 7.20. The largest absolute Gasteiger partial charge is 0.462 e. The minimum Gasteiger partial charge on any atom is -0.462 e. The molecular weight excluding hydrogens is 745 g/mol. The first-order valence-corrected chi connectivity index (χ1v) is 25.6. The first-order valence-electron chi connectivity index (χ1n) is 25.6. The molecule has 0 aliphatic heterocycles. The van der Waals surface area contributed by atoms with Crippen molar-refractivity contribution in [2.75, 3.05) is 13.2 Å². The van der Waals surface area contributed by atoms with Gasteiger partial charge in [-0.1, -0.05) is 217 Å². The lowest BCUT2D eigenvalue weighted by molar-refractivity contribution is -0.167. The van der Waals surface area contributed by atoms with Crippen LogP contribution in [0.5, 0.6) is 0 Å². The van der Waals surface area contributed by atoms with Crippen LogP contribution in [-0.4, -0.2) is 37.2 Å². The highest BCUT2D eigenvalue weighted by molar-refractivity contribution is 5.71. The summed E-state index contributed by atoms with van der Waals surface area (Å²) >= 11 is 0. The maximum Gasteiger partial charge on any atom is 0.306 e. The van der Waals surface area contributed by atoms with Crippen LogP contribution in [0.25, 0.3) is 0 Å². The molecule has 0 spiro atoms. The summed E-state index contributed by atoms with van der Waals surface area (Å²) in [5.74, 6) is -0.899. The molecule has 0 saturated carbocycles. The third kappa shape index (κ3) is 46.4. The van der Waals surface area contributed by atoms with Gasteiger partial charge in [-0.2, -0.15) is 0 Å². The minimum atomic E-state index is -0.779. The van der Waals surface area contributed by atoms with Gasteiger partial charge >= 0.3 is 17.9 Å². The number of unbranched alkanes of at least 4 members (excludes halogenated alkanes) is 27. The highest BCUT2D eigenvalue weighted by Gasteiger charge is 2.19. The predicted octanol–water partition coefficient (Wildman–Crippen LogP) is 16.7. The molecule has 348 valence electrons. The molecule has 0 heterocycles. The summed E-state index contributed by atoms with van der Waals surface area (Å²) in [4.78, 5) is 37.9. The summed E-state index contributed by atoms with van der Waals surface area (Å²) in [7, 11) is 0. The minimum absolute atomic E-state index is 0.0814. The van der Waals surface area contributed by atoms with Crippen molar-refractivity contribution in [3.63, 3.8) is 0 Å². The third-order valence-electron chi connectivity index (χ3n) is 11.1. The van der Waals surface area contributed by atoms with Gasteiger partial charge in [-0.3, -0.25) is 14.4 Å². The average molecular weight is 841 g/mol. The summed E-state index contributed by atoms with van der Waals surface area (Å²) < 4.78 is 16.8. The standard InChI is InChI=1S/C54H96O6/c1-4-7-10-13-16-19-22-24-26-28-30-32-35-38-41-44-47-53(56)59-50-51(49-58-52(55)46-43-40-37-34-21-18-15-12-9-6-3)60-54(57)48-45-42-39-36-33-31-29-27-25-23-20-17-14-11-8-5-2/h7,10,15-16,18-19,24,26,51H,4-6,8-9,11-14,17,20-23,25,27-50H2,1-3H3/b10-7-,18-15-,19-16-,26-24-. The number of esters is 3. The van der Waals surface area contributed by atoms with E-state index in [-0.39, 0.29) is 31.1 Å². The Hall–Kier alpha value is -2.63. The Bertz CT molecular complexity index is 1060. The van der Waals surface area contributed by atoms with E-state index in [1.54, 1.807) is 0 Å². The van der Waals surface area contributed by atoms with Crippen molar-refractivity contribution in [1.82, 2.24) is 0 Å². The van der Waals surface area contributed by atoms with Crippen LogP contribution in [0.4, 0.5) is 0 Å². The number of hydrogen-bond donors (Lipinski definition) is 0. The van der Waals surface area contributed by atoms with Crippen molar-refractivity contribution in [3.05, 3.63) is 48.6 Å². The van der Waals surface area contributed by atoms with E-state index in [0.29, 0.717) is 19.3 Å². The van der Waals surface area contributed by atoms with Crippen molar-refractivity contribution >= 4 is 17.9 Å². The highest BCUT2D eigenvalue weighted by Crippen LogP contribution is 2.15. The molecule has 0 saturated heterocycles. The molecule has 0 amide bonds. The molecule has 0 bridgehead atoms. The Kier molecular flexibility index (Phi) is 46.9. The van der Waals surface area contributed by atoms with Crippen molar-refractivity contribution in [2.24, 2.45) is 0 Å². The van der Waals surface area contributed by atoms with Gasteiger partial charge in [0.2, 0.25) is 0 Å². The fraction of sp³-hybridized carbons (Fsp3) is 0.796. The van der Waals surface area contributed by atoms with E-state index in [2.05, 4.69) is 69.4 Å². The lowest BCUT2D eigenvalue weighted by Crippen LogP contribution is -2.30. The topological polar surface area (TPSA) is 78.9 Å². The number of carbonyl (C=O) groups is 3. The second-order valence-electron chi connectivity index (χ2n) is 17.1. The molecular formula is C54H96O6. The third-order valence-corrected chi connectivity index (χ3v) is 11.1. The number of hydrogen-bond acceptors (Lipinski definition) is 6. The Morgan fingerprint density at radius 1 is 0.350 bits per heavy atom. The maximum absolute atomic E-state index is 12.8. The van der Waals surface area contributed by atoms with Gasteiger partial charge in [-0.05, 0) is 70.6 Å². The highest BCUT2D eigenvalue weighted by atomic mass is 16.6. The number of carbonyl (C=O) groups excluding carboxylic acids is 3. The van der Waals surface area contributed by atoms with Gasteiger partial charge in [0.15, 0.2) is 6.10 Å². The van der Waals surface area contributed by atoms with Gasteiger partial charge in [-0.15, -0.1) is 0 Å². The second-order valence-corrected chi connectivity index (χ2v) is 17.1. The van der Waals surface area contributed by atoms with Gasteiger partial charge in [0.25, 0.3) is 0 Å². The van der Waals surface area contributed by atoms with E-state index in [0.717, 1.165) is 103 Å². The Morgan fingerprint density at radius 3 is 1.08 bits per heavy atom. The second kappa shape index (κ2) is 49.0. The van der Waals surface area contributed by atoms with Crippen LogP contribution in [0.2, 0.25) is 0 Å². The Labute approximate surface area is 371 Å². The molecule has 0 aromatic carbocycles. The number of ether oxygens (including phenoxy) is 3. The first-order chi connectivity index (χ1) is 29.5. The summed E-state index contributed by atoms with van der Waals surface area (Å²) in [5.41, 5.74) is 0. The smallest absolute Gasteiger partial charge is 0.306 e. The van der Waals surface area contributed by atoms with Crippen LogP contribution in [0, 0.1) is 0 Å². The summed E-state index contributed by atoms with van der Waals surface area (Å²) in [6.07, 6.45) is 58.1. The van der Waals surface area contributed by atoms with Crippen molar-refractivity contribution in [2.45, 2.75) is 264 Å². The summed E-state index contributed by atoms with van der Waals surface area (Å²) in [5, 5.41) is 0. The van der Waals surface area contributed by atoms with Crippen molar-refractivity contribution in [3.8, 4) is 0 Å². The van der Waals surface area contributed by atoms with Crippen LogP contribution in [-0.2, 0) is 28.6 Å². The van der Waals surface area contributed by atoms with E-state index in [1.807, 2.05) is 0 Å². The zero-order chi connectivity index (χ0) is 43.7. The first kappa shape index (κ1) is 57.4. The van der Waals surface area contributed by atoms with E-state index in [4.69, 9.17) is 14.2 Å². The van der Waals surface area contributed by atoms with Gasteiger partial charge < -0.3 is 14.2 Å². The van der Waals surface area contributed by atoms with E-state index in [9.17, 15) is 14.4 Å².